The minimum atomic E-state index is 0.137. The fourth-order valence-electron chi connectivity index (χ4n) is 1.26. The van der Waals surface area contributed by atoms with Crippen molar-refractivity contribution in [3.05, 3.63) is 0 Å². The smallest absolute Gasteiger partial charge is 0.185 e. The van der Waals surface area contributed by atoms with Crippen molar-refractivity contribution in [2.45, 2.75) is 46.3 Å². The maximum Gasteiger partial charge on any atom is 0.185 e. The third kappa shape index (κ3) is 2.99. The molecule has 0 saturated carbocycles. The first-order valence-corrected chi connectivity index (χ1v) is 4.85. The normalized spacial score (nSPS) is 25.3. The summed E-state index contributed by atoms with van der Waals surface area (Å²) < 4.78 is 5.71. The maximum absolute atomic E-state index is 5.71. The van der Waals surface area contributed by atoms with Crippen LogP contribution in [-0.2, 0) is 4.74 Å². The third-order valence-corrected chi connectivity index (χ3v) is 2.17. The highest BCUT2D eigenvalue weighted by atomic mass is 16.5. The van der Waals surface area contributed by atoms with Crippen LogP contribution in [0.1, 0.15) is 34.1 Å². The molecule has 13 heavy (non-hydrogen) atoms. The largest absolute Gasteiger partial charge is 0.475 e. The zero-order valence-electron chi connectivity index (χ0n) is 9.00. The van der Waals surface area contributed by atoms with E-state index < -0.39 is 0 Å². The lowest BCUT2D eigenvalue weighted by molar-refractivity contribution is 0.0996. The molecule has 0 fully saturated rings. The highest BCUT2D eigenvalue weighted by Gasteiger charge is 2.31. The second kappa shape index (κ2) is 3.66. The van der Waals surface area contributed by atoms with Crippen molar-refractivity contribution in [1.29, 1.82) is 0 Å². The number of nitrogens with zero attached hydrogens (tertiary/aromatic N) is 1. The molecular formula is C10H20N2O. The molecule has 0 aromatic heterocycles. The van der Waals surface area contributed by atoms with E-state index in [2.05, 4.69) is 25.8 Å². The average molecular weight is 184 g/mol. The zero-order chi connectivity index (χ0) is 10.1. The van der Waals surface area contributed by atoms with Gasteiger partial charge in [0.2, 0.25) is 0 Å². The predicted molar refractivity (Wildman–Crippen MR) is 54.9 cm³/mol. The van der Waals surface area contributed by atoms with Gasteiger partial charge >= 0.3 is 0 Å². The Hall–Kier alpha value is -0.570. The highest BCUT2D eigenvalue weighted by molar-refractivity contribution is 5.78. The minimum absolute atomic E-state index is 0.137. The van der Waals surface area contributed by atoms with Crippen LogP contribution >= 0.6 is 0 Å². The van der Waals surface area contributed by atoms with Crippen molar-refractivity contribution in [2.24, 2.45) is 16.1 Å². The standard InChI is InChI=1S/C10H20N2O/c1-7(11)5-9-12-6-8(13-9)10(2,3)4/h7-8H,5-6,11H2,1-4H3. The summed E-state index contributed by atoms with van der Waals surface area (Å²) in [4.78, 5) is 4.34. The molecule has 2 N–H and O–H groups in total. The highest BCUT2D eigenvalue weighted by Crippen LogP contribution is 2.26. The van der Waals surface area contributed by atoms with E-state index in [1.807, 2.05) is 6.92 Å². The summed E-state index contributed by atoms with van der Waals surface area (Å²) in [6, 6.07) is 0.137. The Labute approximate surface area is 80.4 Å². The Bertz CT molecular complexity index is 203. The van der Waals surface area contributed by atoms with Gasteiger partial charge in [-0.25, -0.2) is 0 Å². The lowest BCUT2D eigenvalue weighted by atomic mass is 9.89. The maximum atomic E-state index is 5.71. The Morgan fingerprint density at radius 3 is 2.62 bits per heavy atom. The van der Waals surface area contributed by atoms with Crippen molar-refractivity contribution in [2.75, 3.05) is 6.54 Å². The lowest BCUT2D eigenvalue weighted by Gasteiger charge is -2.25. The van der Waals surface area contributed by atoms with Gasteiger partial charge in [0, 0.05) is 17.9 Å². The van der Waals surface area contributed by atoms with Crippen molar-refractivity contribution >= 4 is 5.90 Å². The van der Waals surface area contributed by atoms with Gasteiger partial charge in [0.05, 0.1) is 6.54 Å². The molecule has 3 nitrogen and oxygen atoms in total. The Kier molecular flexibility index (Phi) is 2.96. The van der Waals surface area contributed by atoms with Gasteiger partial charge < -0.3 is 10.5 Å². The molecule has 1 heterocycles. The number of hydrogen-bond donors (Lipinski definition) is 1. The Balaban J connectivity index is 2.43. The van der Waals surface area contributed by atoms with Gasteiger partial charge in [-0.05, 0) is 6.92 Å². The van der Waals surface area contributed by atoms with E-state index in [1.165, 1.54) is 0 Å². The molecule has 0 bridgehead atoms. The van der Waals surface area contributed by atoms with Crippen LogP contribution in [0.4, 0.5) is 0 Å². The summed E-state index contributed by atoms with van der Waals surface area (Å²) in [6.07, 6.45) is 0.980. The van der Waals surface area contributed by atoms with Gasteiger partial charge in [-0.1, -0.05) is 20.8 Å². The molecule has 0 amide bonds. The van der Waals surface area contributed by atoms with Gasteiger partial charge in [-0.2, -0.15) is 0 Å². The topological polar surface area (TPSA) is 47.6 Å². The summed E-state index contributed by atoms with van der Waals surface area (Å²) in [5, 5.41) is 0. The lowest BCUT2D eigenvalue weighted by Crippen LogP contribution is -2.30. The first-order valence-electron chi connectivity index (χ1n) is 4.85. The predicted octanol–water partition coefficient (Wildman–Crippen LogP) is 1.57. The first-order chi connectivity index (χ1) is 5.89. The fourth-order valence-corrected chi connectivity index (χ4v) is 1.26. The van der Waals surface area contributed by atoms with Crippen LogP contribution < -0.4 is 5.73 Å². The van der Waals surface area contributed by atoms with E-state index in [1.54, 1.807) is 0 Å². The van der Waals surface area contributed by atoms with E-state index in [0.717, 1.165) is 18.9 Å². The van der Waals surface area contributed by atoms with Crippen LogP contribution in [0.15, 0.2) is 4.99 Å². The second-order valence-corrected chi connectivity index (χ2v) is 4.89. The monoisotopic (exact) mass is 184 g/mol. The molecule has 1 aliphatic heterocycles. The molecule has 3 heteroatoms. The number of ether oxygens (including phenoxy) is 1. The van der Waals surface area contributed by atoms with Crippen LogP contribution in [-0.4, -0.2) is 24.6 Å². The molecule has 0 aliphatic carbocycles. The second-order valence-electron chi connectivity index (χ2n) is 4.89. The quantitative estimate of drug-likeness (QED) is 0.708. The van der Waals surface area contributed by atoms with E-state index in [4.69, 9.17) is 10.5 Å². The average Bonchev–Trinajstić information content (AvgIpc) is 2.32. The van der Waals surface area contributed by atoms with E-state index in [-0.39, 0.29) is 17.6 Å². The van der Waals surface area contributed by atoms with Crippen molar-refractivity contribution in [1.82, 2.24) is 0 Å². The minimum Gasteiger partial charge on any atom is -0.475 e. The molecule has 0 aromatic carbocycles. The Morgan fingerprint density at radius 2 is 2.23 bits per heavy atom. The molecule has 2 unspecified atom stereocenters. The molecule has 0 saturated heterocycles. The van der Waals surface area contributed by atoms with Crippen LogP contribution in [0, 0.1) is 5.41 Å². The SMILES string of the molecule is CC(N)CC1=NCC(C(C)(C)C)O1. The van der Waals surface area contributed by atoms with Crippen LogP contribution in [0.3, 0.4) is 0 Å². The Morgan fingerprint density at radius 1 is 1.62 bits per heavy atom. The van der Waals surface area contributed by atoms with Gasteiger partial charge in [0.1, 0.15) is 6.10 Å². The summed E-state index contributed by atoms with van der Waals surface area (Å²) in [5.74, 6) is 0.829. The first kappa shape index (κ1) is 10.5. The number of aliphatic imine (C=N–C) groups is 1. The number of nitrogens with two attached hydrogens (primary N) is 1. The summed E-state index contributed by atoms with van der Waals surface area (Å²) in [5.41, 5.74) is 5.84. The van der Waals surface area contributed by atoms with E-state index in [9.17, 15) is 0 Å². The van der Waals surface area contributed by atoms with Gasteiger partial charge in [0.15, 0.2) is 5.90 Å². The molecule has 0 aromatic rings. The van der Waals surface area contributed by atoms with E-state index >= 15 is 0 Å². The molecular weight excluding hydrogens is 164 g/mol. The van der Waals surface area contributed by atoms with E-state index in [0.29, 0.717) is 0 Å². The van der Waals surface area contributed by atoms with Gasteiger partial charge in [-0.15, -0.1) is 0 Å². The van der Waals surface area contributed by atoms with Gasteiger partial charge in [0.25, 0.3) is 0 Å². The molecule has 1 rings (SSSR count). The molecule has 2 atom stereocenters. The van der Waals surface area contributed by atoms with Crippen LogP contribution in [0.2, 0.25) is 0 Å². The van der Waals surface area contributed by atoms with Crippen LogP contribution in [0.5, 0.6) is 0 Å². The van der Waals surface area contributed by atoms with Crippen molar-refractivity contribution in [3.63, 3.8) is 0 Å². The molecule has 1 aliphatic rings. The summed E-state index contributed by atoms with van der Waals surface area (Å²) in [6.45, 7) is 9.26. The molecule has 0 spiro atoms. The third-order valence-electron chi connectivity index (χ3n) is 2.17. The molecule has 0 radical (unpaired) electrons. The summed E-state index contributed by atoms with van der Waals surface area (Å²) in [7, 11) is 0. The summed E-state index contributed by atoms with van der Waals surface area (Å²) >= 11 is 0. The van der Waals surface area contributed by atoms with Gasteiger partial charge in [-0.3, -0.25) is 4.99 Å². The van der Waals surface area contributed by atoms with Crippen LogP contribution in [0.25, 0.3) is 0 Å². The van der Waals surface area contributed by atoms with Crippen molar-refractivity contribution in [3.8, 4) is 0 Å². The zero-order valence-corrected chi connectivity index (χ0v) is 9.00. The fraction of sp³-hybridized carbons (Fsp3) is 0.900. The van der Waals surface area contributed by atoms with Crippen molar-refractivity contribution < 1.29 is 4.74 Å². The molecule has 76 valence electrons. The number of hydrogen-bond acceptors (Lipinski definition) is 3. The number of rotatable bonds is 2.